The zero-order valence-electron chi connectivity index (χ0n) is 28.9. The van der Waals surface area contributed by atoms with Crippen LogP contribution in [0, 0.1) is 0 Å². The molecule has 0 saturated heterocycles. The Bertz CT molecular complexity index is 415. The normalized spacial score (nSPS) is 11.7. The highest BCUT2D eigenvalue weighted by atomic mass is 35.5. The summed E-state index contributed by atoms with van der Waals surface area (Å²) in [5.41, 5.74) is 0. The minimum atomic E-state index is 0. The van der Waals surface area contributed by atoms with Gasteiger partial charge >= 0.3 is 0 Å². The van der Waals surface area contributed by atoms with Gasteiger partial charge in [-0.2, -0.15) is 0 Å². The second-order valence-corrected chi connectivity index (χ2v) is 13.4. The average molecular weight is 587 g/mol. The van der Waals surface area contributed by atoms with Gasteiger partial charge in [0, 0.05) is 0 Å². The molecular formula is C38H80ClN. The summed E-state index contributed by atoms with van der Waals surface area (Å²) in [6.07, 6.45) is 43.9. The van der Waals surface area contributed by atoms with Crippen molar-refractivity contribution in [1.29, 1.82) is 0 Å². The Labute approximate surface area is 262 Å². The third kappa shape index (κ3) is 29.7. The molecule has 0 heterocycles. The van der Waals surface area contributed by atoms with Crippen LogP contribution in [-0.4, -0.2) is 30.7 Å². The van der Waals surface area contributed by atoms with Gasteiger partial charge in [-0.05, 0) is 45.4 Å². The van der Waals surface area contributed by atoms with Crippen LogP contribution in [0.3, 0.4) is 0 Å². The number of nitrogens with zero attached hydrogens (tertiary/aromatic N) is 1. The number of quaternary nitrogens is 1. The molecule has 0 spiro atoms. The first-order valence-electron chi connectivity index (χ1n) is 19.1. The fourth-order valence-corrected chi connectivity index (χ4v) is 6.61. The van der Waals surface area contributed by atoms with Crippen LogP contribution in [-0.2, 0) is 0 Å². The Hall–Kier alpha value is 0.250. The Kier molecular flexibility index (Phi) is 37.6. The molecule has 244 valence electrons. The largest absolute Gasteiger partial charge is 1.00 e. The van der Waals surface area contributed by atoms with Gasteiger partial charge in [-0.25, -0.2) is 0 Å². The van der Waals surface area contributed by atoms with Gasteiger partial charge in [0.05, 0.1) is 26.2 Å². The summed E-state index contributed by atoms with van der Waals surface area (Å²) >= 11 is 0. The van der Waals surface area contributed by atoms with Crippen molar-refractivity contribution < 1.29 is 16.9 Å². The first-order valence-corrected chi connectivity index (χ1v) is 19.1. The Morgan fingerprint density at radius 2 is 0.425 bits per heavy atom. The van der Waals surface area contributed by atoms with Gasteiger partial charge in [-0.1, -0.05) is 175 Å². The first-order chi connectivity index (χ1) is 19.2. The first kappa shape index (κ1) is 42.4. The third-order valence-corrected chi connectivity index (χ3v) is 9.63. The monoisotopic (exact) mass is 586 g/mol. The van der Waals surface area contributed by atoms with Crippen molar-refractivity contribution in [1.82, 2.24) is 0 Å². The molecule has 0 saturated carbocycles. The van der Waals surface area contributed by atoms with Crippen molar-refractivity contribution in [2.24, 2.45) is 0 Å². The molecule has 0 fully saturated rings. The smallest absolute Gasteiger partial charge is 0.0786 e. The van der Waals surface area contributed by atoms with E-state index in [1.54, 1.807) is 0 Å². The van der Waals surface area contributed by atoms with E-state index in [1.807, 2.05) is 0 Å². The molecular weight excluding hydrogens is 506 g/mol. The van der Waals surface area contributed by atoms with Gasteiger partial charge in [-0.3, -0.25) is 0 Å². The number of rotatable bonds is 34. The van der Waals surface area contributed by atoms with E-state index < -0.39 is 0 Å². The molecule has 0 unspecified atom stereocenters. The Balaban J connectivity index is 0. The van der Waals surface area contributed by atoms with E-state index in [9.17, 15) is 0 Å². The maximum absolute atomic E-state index is 2.50. The lowest BCUT2D eigenvalue weighted by molar-refractivity contribution is -0.927. The number of unbranched alkanes of at least 4 members (excludes halogenated alkanes) is 27. The van der Waals surface area contributed by atoms with Crippen LogP contribution in [0.5, 0.6) is 0 Å². The van der Waals surface area contributed by atoms with Gasteiger partial charge in [0.1, 0.15) is 0 Å². The zero-order chi connectivity index (χ0) is 28.5. The minimum absolute atomic E-state index is 0. The standard InChI is InChI=1S/C38H80N.ClH/c1-5-9-12-15-18-21-22-23-26-29-32-35-38-39(8-4,36-33-30-27-24-19-16-13-10-6-2)37-34-31-28-25-20-17-14-11-7-3;/h5-38H2,1-4H3;1H/q+1;/p-1. The molecule has 1 nitrogen and oxygen atoms in total. The minimum Gasteiger partial charge on any atom is -1.00 e. The van der Waals surface area contributed by atoms with Crippen LogP contribution in [0.1, 0.15) is 220 Å². The van der Waals surface area contributed by atoms with Crippen LogP contribution in [0.15, 0.2) is 0 Å². The second kappa shape index (κ2) is 35.4. The van der Waals surface area contributed by atoms with Gasteiger partial charge < -0.3 is 16.9 Å². The van der Waals surface area contributed by atoms with Crippen molar-refractivity contribution in [3.8, 4) is 0 Å². The highest BCUT2D eigenvalue weighted by Gasteiger charge is 2.23. The van der Waals surface area contributed by atoms with E-state index >= 15 is 0 Å². The summed E-state index contributed by atoms with van der Waals surface area (Å²) in [7, 11) is 0. The fraction of sp³-hybridized carbons (Fsp3) is 1.00. The van der Waals surface area contributed by atoms with Crippen molar-refractivity contribution in [2.45, 2.75) is 220 Å². The van der Waals surface area contributed by atoms with E-state index in [2.05, 4.69) is 27.7 Å². The molecule has 0 rings (SSSR count). The van der Waals surface area contributed by atoms with Crippen molar-refractivity contribution in [2.75, 3.05) is 26.2 Å². The Morgan fingerprint density at radius 1 is 0.250 bits per heavy atom. The molecule has 0 aliphatic carbocycles. The molecule has 0 aromatic rings. The summed E-state index contributed by atoms with van der Waals surface area (Å²) in [5, 5.41) is 0. The number of halogens is 1. The summed E-state index contributed by atoms with van der Waals surface area (Å²) in [5.74, 6) is 0. The average Bonchev–Trinajstić information content (AvgIpc) is 2.95. The van der Waals surface area contributed by atoms with E-state index in [4.69, 9.17) is 0 Å². The molecule has 0 N–H and O–H groups in total. The van der Waals surface area contributed by atoms with Gasteiger partial charge in [0.25, 0.3) is 0 Å². The molecule has 0 atom stereocenters. The predicted octanol–water partition coefficient (Wildman–Crippen LogP) is 10.6. The predicted molar refractivity (Wildman–Crippen MR) is 181 cm³/mol. The van der Waals surface area contributed by atoms with Crippen LogP contribution < -0.4 is 12.4 Å². The maximum atomic E-state index is 2.50. The number of hydrogen-bond acceptors (Lipinski definition) is 0. The highest BCUT2D eigenvalue weighted by molar-refractivity contribution is 4.54. The van der Waals surface area contributed by atoms with Crippen molar-refractivity contribution in [3.05, 3.63) is 0 Å². The van der Waals surface area contributed by atoms with Crippen molar-refractivity contribution in [3.63, 3.8) is 0 Å². The summed E-state index contributed by atoms with van der Waals surface area (Å²) in [6.45, 7) is 15.2. The molecule has 0 aromatic heterocycles. The van der Waals surface area contributed by atoms with E-state index in [0.29, 0.717) is 0 Å². The SMILES string of the molecule is CCCCCCCCCCCCCC[N+](CC)(CCCCCCCCCCC)CCCCCCCCCCC.[Cl-]. The highest BCUT2D eigenvalue weighted by Crippen LogP contribution is 2.19. The van der Waals surface area contributed by atoms with Crippen LogP contribution >= 0.6 is 0 Å². The molecule has 0 aliphatic rings. The molecule has 0 aliphatic heterocycles. The Morgan fingerprint density at radius 3 is 0.600 bits per heavy atom. The quantitative estimate of drug-likeness (QED) is 0.0520. The van der Waals surface area contributed by atoms with Gasteiger partial charge in [-0.15, -0.1) is 0 Å². The summed E-state index contributed by atoms with van der Waals surface area (Å²) < 4.78 is 1.44. The molecule has 0 amide bonds. The lowest BCUT2D eigenvalue weighted by Crippen LogP contribution is -3.00. The van der Waals surface area contributed by atoms with Crippen molar-refractivity contribution >= 4 is 0 Å². The van der Waals surface area contributed by atoms with Crippen LogP contribution in [0.4, 0.5) is 0 Å². The molecule has 0 bridgehead atoms. The maximum Gasteiger partial charge on any atom is 0.0786 e. The van der Waals surface area contributed by atoms with Gasteiger partial charge in [0.2, 0.25) is 0 Å². The summed E-state index contributed by atoms with van der Waals surface area (Å²) in [4.78, 5) is 0. The van der Waals surface area contributed by atoms with E-state index in [0.717, 1.165) is 0 Å². The molecule has 0 aromatic carbocycles. The van der Waals surface area contributed by atoms with Gasteiger partial charge in [0.15, 0.2) is 0 Å². The second-order valence-electron chi connectivity index (χ2n) is 13.4. The topological polar surface area (TPSA) is 0 Å². The fourth-order valence-electron chi connectivity index (χ4n) is 6.61. The van der Waals surface area contributed by atoms with Crippen LogP contribution in [0.25, 0.3) is 0 Å². The third-order valence-electron chi connectivity index (χ3n) is 9.63. The van der Waals surface area contributed by atoms with E-state index in [-0.39, 0.29) is 12.4 Å². The number of hydrogen-bond donors (Lipinski definition) is 0. The lowest BCUT2D eigenvalue weighted by atomic mass is 10.0. The summed E-state index contributed by atoms with van der Waals surface area (Å²) in [6, 6.07) is 0. The molecule has 2 heteroatoms. The lowest BCUT2D eigenvalue weighted by Gasteiger charge is -2.38. The van der Waals surface area contributed by atoms with E-state index in [1.165, 1.54) is 223 Å². The molecule has 0 radical (unpaired) electrons. The zero-order valence-corrected chi connectivity index (χ0v) is 29.6. The van der Waals surface area contributed by atoms with Crippen LogP contribution in [0.2, 0.25) is 0 Å². The molecule has 40 heavy (non-hydrogen) atoms.